The number of urea groups is 1. The summed E-state index contributed by atoms with van der Waals surface area (Å²) in [5.41, 5.74) is 6.13. The van der Waals surface area contributed by atoms with Crippen LogP contribution in [-0.2, 0) is 27.8 Å². The second-order valence-electron chi connectivity index (χ2n) is 8.74. The van der Waals surface area contributed by atoms with Crippen molar-refractivity contribution in [3.8, 4) is 0 Å². The van der Waals surface area contributed by atoms with E-state index in [0.29, 0.717) is 18.7 Å². The maximum absolute atomic E-state index is 13.4. The number of nitrogens with one attached hydrogen (secondary N) is 3. The number of rotatable bonds is 11. The summed E-state index contributed by atoms with van der Waals surface area (Å²) in [4.78, 5) is 23.9. The van der Waals surface area contributed by atoms with Crippen LogP contribution in [0.1, 0.15) is 28.7 Å². The number of nitrogens with zero attached hydrogens (tertiary/aromatic N) is 1. The first-order valence-corrected chi connectivity index (χ1v) is 13.3. The van der Waals surface area contributed by atoms with Crippen LogP contribution < -0.4 is 16.1 Å². The molecule has 4 N–H and O–H groups in total. The zero-order valence-corrected chi connectivity index (χ0v) is 21.7. The van der Waals surface area contributed by atoms with Crippen LogP contribution in [0.4, 0.5) is 10.5 Å². The third-order valence-corrected chi connectivity index (χ3v) is 7.72. The number of carbonyl (C=O) groups is 2. The molecular weight excluding hydrogens is 492 g/mol. The average molecular weight is 525 g/mol. The van der Waals surface area contributed by atoms with Crippen LogP contribution in [0.5, 0.6) is 0 Å². The van der Waals surface area contributed by atoms with Gasteiger partial charge in [-0.1, -0.05) is 59.7 Å². The number of anilines is 1. The van der Waals surface area contributed by atoms with Crippen LogP contribution in [0.2, 0.25) is 0 Å². The summed E-state index contributed by atoms with van der Waals surface area (Å²) < 4.78 is 27.9. The van der Waals surface area contributed by atoms with E-state index in [9.17, 15) is 18.0 Å². The van der Waals surface area contributed by atoms with Crippen molar-refractivity contribution in [2.45, 2.75) is 38.1 Å². The minimum absolute atomic E-state index is 0.0337. The number of carbonyl (C=O) groups excluding carboxylic acids is 2. The molecule has 0 aliphatic carbocycles. The second-order valence-corrected chi connectivity index (χ2v) is 10.7. The van der Waals surface area contributed by atoms with Crippen molar-refractivity contribution in [1.29, 1.82) is 0 Å². The van der Waals surface area contributed by atoms with Crippen LogP contribution in [0.15, 0.2) is 77.7 Å². The summed E-state index contributed by atoms with van der Waals surface area (Å²) >= 11 is 0. The van der Waals surface area contributed by atoms with E-state index in [0.717, 1.165) is 22.3 Å². The first kappa shape index (κ1) is 27.9. The van der Waals surface area contributed by atoms with Crippen LogP contribution in [0.3, 0.4) is 0 Å². The molecule has 0 atom stereocenters. The molecule has 0 aliphatic heterocycles. The van der Waals surface area contributed by atoms with Gasteiger partial charge in [0.2, 0.25) is 15.9 Å². The third-order valence-electron chi connectivity index (χ3n) is 5.81. The maximum atomic E-state index is 13.4. The number of amides is 3. The third kappa shape index (κ3) is 8.42. The molecule has 3 aromatic rings. The Labute approximate surface area is 217 Å². The lowest BCUT2D eigenvalue weighted by Crippen LogP contribution is -2.36. The summed E-state index contributed by atoms with van der Waals surface area (Å²) in [5, 5.41) is 14.3. The molecule has 9 nitrogen and oxygen atoms in total. The van der Waals surface area contributed by atoms with Crippen LogP contribution in [0.25, 0.3) is 0 Å². The van der Waals surface area contributed by atoms with Crippen LogP contribution in [-0.4, -0.2) is 43.0 Å². The highest BCUT2D eigenvalue weighted by atomic mass is 32.2. The van der Waals surface area contributed by atoms with Crippen molar-refractivity contribution in [2.75, 3.05) is 18.4 Å². The molecule has 0 fully saturated rings. The van der Waals surface area contributed by atoms with Gasteiger partial charge in [-0.3, -0.25) is 10.0 Å². The van der Waals surface area contributed by atoms with Gasteiger partial charge in [-0.15, -0.1) is 0 Å². The first-order chi connectivity index (χ1) is 17.7. The molecule has 0 saturated carbocycles. The Kier molecular flexibility index (Phi) is 9.78. The fraction of sp³-hybridized carbons (Fsp3) is 0.259. The van der Waals surface area contributed by atoms with E-state index >= 15 is 0 Å². The van der Waals surface area contributed by atoms with E-state index in [1.165, 1.54) is 34.1 Å². The molecule has 3 rings (SSSR count). The minimum atomic E-state index is -3.93. The normalized spacial score (nSPS) is 11.2. The zero-order chi connectivity index (χ0) is 26.8. The first-order valence-electron chi connectivity index (χ1n) is 11.9. The van der Waals surface area contributed by atoms with E-state index < -0.39 is 22.0 Å². The molecule has 0 heterocycles. The maximum Gasteiger partial charge on any atom is 0.319 e. The number of benzene rings is 3. The number of sulfonamides is 1. The highest BCUT2D eigenvalue weighted by Crippen LogP contribution is 2.20. The van der Waals surface area contributed by atoms with Gasteiger partial charge in [0.25, 0.3) is 0 Å². The number of hydrogen-bond acceptors (Lipinski definition) is 5. The van der Waals surface area contributed by atoms with Gasteiger partial charge >= 0.3 is 6.03 Å². The van der Waals surface area contributed by atoms with Gasteiger partial charge in [0.15, 0.2) is 0 Å². The fourth-order valence-corrected chi connectivity index (χ4v) is 5.01. The summed E-state index contributed by atoms with van der Waals surface area (Å²) in [5.74, 6) is -0.674. The molecule has 0 spiro atoms. The lowest BCUT2D eigenvalue weighted by Gasteiger charge is -2.22. The predicted octanol–water partition coefficient (Wildman–Crippen LogP) is 3.75. The van der Waals surface area contributed by atoms with E-state index in [-0.39, 0.29) is 24.4 Å². The van der Waals surface area contributed by atoms with E-state index in [2.05, 4.69) is 10.6 Å². The molecule has 196 valence electrons. The molecule has 37 heavy (non-hydrogen) atoms. The summed E-state index contributed by atoms with van der Waals surface area (Å²) in [6, 6.07) is 21.0. The van der Waals surface area contributed by atoms with Gasteiger partial charge in [0.1, 0.15) is 0 Å². The highest BCUT2D eigenvalue weighted by Gasteiger charge is 2.25. The summed E-state index contributed by atoms with van der Waals surface area (Å²) in [7, 11) is -3.93. The largest absolute Gasteiger partial charge is 0.334 e. The van der Waals surface area contributed by atoms with Crippen molar-refractivity contribution in [1.82, 2.24) is 15.1 Å². The van der Waals surface area contributed by atoms with Gasteiger partial charge in [0, 0.05) is 31.7 Å². The molecule has 0 unspecified atom stereocenters. The minimum Gasteiger partial charge on any atom is -0.334 e. The van der Waals surface area contributed by atoms with Crippen LogP contribution in [0, 0.1) is 13.8 Å². The van der Waals surface area contributed by atoms with E-state index in [4.69, 9.17) is 5.21 Å². The Morgan fingerprint density at radius 3 is 1.95 bits per heavy atom. The van der Waals surface area contributed by atoms with E-state index in [1.54, 1.807) is 0 Å². The Balaban J connectivity index is 1.65. The standard InChI is InChI=1S/C27H32N4O5S/c1-20-3-7-22(8-4-20)15-17-31(18-16-26(32)30-34)37(35,36)25-13-11-24(12-14-25)29-27(33)28-19-23-9-5-21(2)6-10-23/h3-14,34H,15-19H2,1-2H3,(H,30,32)(H2,28,29,33). The van der Waals surface area contributed by atoms with Gasteiger partial charge < -0.3 is 10.6 Å². The highest BCUT2D eigenvalue weighted by molar-refractivity contribution is 7.89. The van der Waals surface area contributed by atoms with Gasteiger partial charge in [-0.05, 0) is 55.7 Å². The van der Waals surface area contributed by atoms with Crippen molar-refractivity contribution in [3.05, 3.63) is 95.1 Å². The SMILES string of the molecule is Cc1ccc(CCN(CCC(=O)NO)S(=O)(=O)c2ccc(NC(=O)NCc3ccc(C)cc3)cc2)cc1. The van der Waals surface area contributed by atoms with Crippen LogP contribution >= 0.6 is 0 Å². The Hall–Kier alpha value is -3.73. The second kappa shape index (κ2) is 13.0. The topological polar surface area (TPSA) is 128 Å². The molecule has 0 aromatic heterocycles. The van der Waals surface area contributed by atoms with Gasteiger partial charge in [-0.2, -0.15) is 4.31 Å². The van der Waals surface area contributed by atoms with Gasteiger partial charge in [-0.25, -0.2) is 18.7 Å². The number of aryl methyl sites for hydroxylation is 2. The monoisotopic (exact) mass is 524 g/mol. The number of hydrogen-bond donors (Lipinski definition) is 4. The average Bonchev–Trinajstić information content (AvgIpc) is 2.89. The predicted molar refractivity (Wildman–Crippen MR) is 142 cm³/mol. The lowest BCUT2D eigenvalue weighted by atomic mass is 10.1. The van der Waals surface area contributed by atoms with E-state index in [1.807, 2.05) is 62.4 Å². The summed E-state index contributed by atoms with van der Waals surface area (Å²) in [6.07, 6.45) is 0.269. The molecular formula is C27H32N4O5S. The van der Waals surface area contributed by atoms with Gasteiger partial charge in [0.05, 0.1) is 4.90 Å². The molecule has 3 aromatic carbocycles. The van der Waals surface area contributed by atoms with Crippen molar-refractivity contribution in [3.63, 3.8) is 0 Å². The van der Waals surface area contributed by atoms with Crippen molar-refractivity contribution in [2.24, 2.45) is 0 Å². The molecule has 3 amide bonds. The smallest absolute Gasteiger partial charge is 0.319 e. The zero-order valence-electron chi connectivity index (χ0n) is 20.9. The summed E-state index contributed by atoms with van der Waals surface area (Å²) in [6.45, 7) is 4.38. The molecule has 0 aliphatic rings. The number of hydroxylamine groups is 1. The Morgan fingerprint density at radius 1 is 0.811 bits per heavy atom. The van der Waals surface area contributed by atoms with Crippen molar-refractivity contribution >= 4 is 27.6 Å². The molecule has 0 bridgehead atoms. The quantitative estimate of drug-likeness (QED) is 0.224. The Bertz CT molecular complexity index is 1290. The van der Waals surface area contributed by atoms with Crippen molar-refractivity contribution < 1.29 is 23.2 Å². The fourth-order valence-electron chi connectivity index (χ4n) is 3.57. The Morgan fingerprint density at radius 2 is 1.38 bits per heavy atom. The molecule has 0 radical (unpaired) electrons. The molecule has 10 heteroatoms. The molecule has 0 saturated heterocycles. The lowest BCUT2D eigenvalue weighted by molar-refractivity contribution is -0.129.